The maximum atomic E-state index is 13.1. The Labute approximate surface area is 193 Å². The molecule has 2 unspecified atom stereocenters. The Balaban J connectivity index is 1.44. The number of amides is 3. The van der Waals surface area contributed by atoms with Crippen molar-refractivity contribution in [1.82, 2.24) is 10.2 Å². The summed E-state index contributed by atoms with van der Waals surface area (Å²) in [6.45, 7) is 2.82. The van der Waals surface area contributed by atoms with Crippen molar-refractivity contribution in [2.75, 3.05) is 11.9 Å². The predicted octanol–water partition coefficient (Wildman–Crippen LogP) is 3.84. The molecule has 3 aromatic carbocycles. The number of carbonyl (C=O) groups excluding carboxylic acids is 3. The molecule has 4 rings (SSSR count). The van der Waals surface area contributed by atoms with E-state index in [1.807, 2.05) is 67.6 Å². The summed E-state index contributed by atoms with van der Waals surface area (Å²) in [7, 11) is 0. The van der Waals surface area contributed by atoms with Crippen LogP contribution in [-0.2, 0) is 20.9 Å². The van der Waals surface area contributed by atoms with Crippen LogP contribution in [0.2, 0.25) is 0 Å². The molecule has 2 atom stereocenters. The number of hydrogen-bond acceptors (Lipinski definition) is 3. The van der Waals surface area contributed by atoms with E-state index >= 15 is 0 Å². The fourth-order valence-corrected chi connectivity index (χ4v) is 3.96. The first-order valence-electron chi connectivity index (χ1n) is 11.0. The van der Waals surface area contributed by atoms with Crippen LogP contribution in [0, 0.1) is 12.8 Å². The molecule has 1 aliphatic heterocycles. The van der Waals surface area contributed by atoms with Crippen LogP contribution in [0.25, 0.3) is 0 Å². The van der Waals surface area contributed by atoms with Crippen molar-refractivity contribution < 1.29 is 14.4 Å². The zero-order valence-electron chi connectivity index (χ0n) is 18.5. The van der Waals surface area contributed by atoms with Gasteiger partial charge in [-0.05, 0) is 30.2 Å². The van der Waals surface area contributed by atoms with Crippen molar-refractivity contribution in [2.45, 2.75) is 25.9 Å². The molecule has 1 heterocycles. The topological polar surface area (TPSA) is 78.5 Å². The number of hydrogen-bond donors (Lipinski definition) is 2. The van der Waals surface area contributed by atoms with Crippen LogP contribution in [-0.4, -0.2) is 29.2 Å². The van der Waals surface area contributed by atoms with Gasteiger partial charge in [0.2, 0.25) is 11.8 Å². The Bertz CT molecular complexity index is 1110. The lowest BCUT2D eigenvalue weighted by atomic mass is 10.0. The lowest BCUT2D eigenvalue weighted by Gasteiger charge is -2.21. The van der Waals surface area contributed by atoms with Crippen LogP contribution in [0.4, 0.5) is 5.69 Å². The van der Waals surface area contributed by atoms with Gasteiger partial charge in [0, 0.05) is 25.2 Å². The van der Waals surface area contributed by atoms with Crippen LogP contribution >= 0.6 is 0 Å². The van der Waals surface area contributed by atoms with Gasteiger partial charge in [0.15, 0.2) is 0 Å². The van der Waals surface area contributed by atoms with Gasteiger partial charge in [-0.15, -0.1) is 0 Å². The Kier molecular flexibility index (Phi) is 6.83. The van der Waals surface area contributed by atoms with Crippen LogP contribution < -0.4 is 10.6 Å². The maximum absolute atomic E-state index is 13.1. The van der Waals surface area contributed by atoms with Crippen LogP contribution in [0.3, 0.4) is 0 Å². The number of likely N-dealkylation sites (tertiary alicyclic amines) is 1. The van der Waals surface area contributed by atoms with Gasteiger partial charge in [0.25, 0.3) is 5.91 Å². The van der Waals surface area contributed by atoms with Gasteiger partial charge in [-0.25, -0.2) is 0 Å². The molecule has 0 aromatic heterocycles. The number of nitrogens with one attached hydrogen (secondary N) is 2. The van der Waals surface area contributed by atoms with Gasteiger partial charge >= 0.3 is 0 Å². The van der Waals surface area contributed by atoms with E-state index in [9.17, 15) is 14.4 Å². The molecule has 6 nitrogen and oxygen atoms in total. The lowest BCUT2D eigenvalue weighted by Crippen LogP contribution is -2.40. The molecular formula is C27H27N3O3. The summed E-state index contributed by atoms with van der Waals surface area (Å²) in [4.78, 5) is 40.4. The molecule has 6 heteroatoms. The highest BCUT2D eigenvalue weighted by Gasteiger charge is 2.36. The second-order valence-electron chi connectivity index (χ2n) is 8.37. The molecule has 2 N–H and O–H groups in total. The quantitative estimate of drug-likeness (QED) is 0.585. The van der Waals surface area contributed by atoms with Crippen molar-refractivity contribution in [3.05, 3.63) is 102 Å². The number of carbonyl (C=O) groups is 3. The van der Waals surface area contributed by atoms with Gasteiger partial charge in [0.1, 0.15) is 6.04 Å². The first-order valence-corrected chi connectivity index (χ1v) is 11.0. The minimum Gasteiger partial charge on any atom is -0.340 e. The van der Waals surface area contributed by atoms with E-state index in [1.165, 1.54) is 0 Å². The molecule has 0 saturated carbocycles. The highest BCUT2D eigenvalue weighted by atomic mass is 16.2. The summed E-state index contributed by atoms with van der Waals surface area (Å²) in [5.74, 6) is -1.19. The summed E-state index contributed by atoms with van der Waals surface area (Å²) in [6.07, 6.45) is 0.138. The molecule has 3 aromatic rings. The number of rotatable bonds is 7. The van der Waals surface area contributed by atoms with E-state index in [1.54, 1.807) is 29.2 Å². The molecule has 1 aliphatic rings. The number of benzene rings is 3. The Hall–Kier alpha value is -3.93. The second-order valence-corrected chi connectivity index (χ2v) is 8.37. The van der Waals surface area contributed by atoms with Crippen molar-refractivity contribution >= 4 is 23.4 Å². The SMILES string of the molecule is Cc1ccc(CN2CC(C(=O)NC(C(=O)Nc3ccccc3)c3ccccc3)CC2=O)cc1. The average molecular weight is 442 g/mol. The third kappa shape index (κ3) is 5.66. The van der Waals surface area contributed by atoms with E-state index in [-0.39, 0.29) is 24.1 Å². The fourth-order valence-electron chi connectivity index (χ4n) is 3.96. The van der Waals surface area contributed by atoms with Crippen molar-refractivity contribution in [2.24, 2.45) is 5.92 Å². The van der Waals surface area contributed by atoms with Crippen LogP contribution in [0.1, 0.15) is 29.2 Å². The fraction of sp³-hybridized carbons (Fsp3) is 0.222. The van der Waals surface area contributed by atoms with E-state index < -0.39 is 12.0 Å². The maximum Gasteiger partial charge on any atom is 0.251 e. The third-order valence-corrected chi connectivity index (χ3v) is 5.80. The summed E-state index contributed by atoms with van der Waals surface area (Å²) >= 11 is 0. The summed E-state index contributed by atoms with van der Waals surface area (Å²) < 4.78 is 0. The molecule has 168 valence electrons. The first-order chi connectivity index (χ1) is 16.0. The zero-order chi connectivity index (χ0) is 23.2. The smallest absolute Gasteiger partial charge is 0.251 e. The Morgan fingerprint density at radius 1 is 0.939 bits per heavy atom. The lowest BCUT2D eigenvalue weighted by molar-refractivity contribution is -0.130. The van der Waals surface area contributed by atoms with Crippen LogP contribution in [0.5, 0.6) is 0 Å². The zero-order valence-corrected chi connectivity index (χ0v) is 18.5. The van der Waals surface area contributed by atoms with Gasteiger partial charge in [-0.3, -0.25) is 14.4 Å². The predicted molar refractivity (Wildman–Crippen MR) is 127 cm³/mol. The molecule has 33 heavy (non-hydrogen) atoms. The second kappa shape index (κ2) is 10.1. The summed E-state index contributed by atoms with van der Waals surface area (Å²) in [6, 6.07) is 25.4. The average Bonchev–Trinajstić information content (AvgIpc) is 3.20. The molecular weight excluding hydrogens is 414 g/mol. The highest BCUT2D eigenvalue weighted by Crippen LogP contribution is 2.23. The largest absolute Gasteiger partial charge is 0.340 e. The Morgan fingerprint density at radius 2 is 1.58 bits per heavy atom. The van der Waals surface area contributed by atoms with Gasteiger partial charge < -0.3 is 15.5 Å². The summed E-state index contributed by atoms with van der Waals surface area (Å²) in [5.41, 5.74) is 3.52. The van der Waals surface area contributed by atoms with Gasteiger partial charge in [-0.1, -0.05) is 78.4 Å². The normalized spacial score (nSPS) is 16.3. The van der Waals surface area contributed by atoms with E-state index in [0.29, 0.717) is 24.3 Å². The monoisotopic (exact) mass is 441 g/mol. The number of para-hydroxylation sites is 1. The highest BCUT2D eigenvalue weighted by molar-refractivity contribution is 5.99. The molecule has 0 aliphatic carbocycles. The number of anilines is 1. The van der Waals surface area contributed by atoms with E-state index in [0.717, 1.165) is 11.1 Å². The Morgan fingerprint density at radius 3 is 2.24 bits per heavy atom. The van der Waals surface area contributed by atoms with Gasteiger partial charge in [-0.2, -0.15) is 0 Å². The number of nitrogens with zero attached hydrogens (tertiary/aromatic N) is 1. The van der Waals surface area contributed by atoms with Crippen molar-refractivity contribution in [3.63, 3.8) is 0 Å². The van der Waals surface area contributed by atoms with Gasteiger partial charge in [0.05, 0.1) is 5.92 Å². The first kappa shape index (κ1) is 22.3. The molecule has 0 bridgehead atoms. The van der Waals surface area contributed by atoms with E-state index in [2.05, 4.69) is 10.6 Å². The minimum absolute atomic E-state index is 0.0549. The van der Waals surface area contributed by atoms with E-state index in [4.69, 9.17) is 0 Å². The standard InChI is InChI=1S/C27H27N3O3/c1-19-12-14-20(15-13-19)17-30-18-22(16-24(30)31)26(32)29-25(21-8-4-2-5-9-21)27(33)28-23-10-6-3-7-11-23/h2-15,22,25H,16-18H2,1H3,(H,28,33)(H,29,32). The molecule has 1 saturated heterocycles. The number of aryl methyl sites for hydroxylation is 1. The minimum atomic E-state index is -0.861. The molecule has 3 amide bonds. The molecule has 0 spiro atoms. The van der Waals surface area contributed by atoms with Crippen molar-refractivity contribution in [1.29, 1.82) is 0 Å². The third-order valence-electron chi connectivity index (χ3n) is 5.80. The summed E-state index contributed by atoms with van der Waals surface area (Å²) in [5, 5.41) is 5.74. The molecule has 0 radical (unpaired) electrons. The molecule has 1 fully saturated rings. The van der Waals surface area contributed by atoms with Crippen LogP contribution in [0.15, 0.2) is 84.9 Å². The van der Waals surface area contributed by atoms with Crippen molar-refractivity contribution in [3.8, 4) is 0 Å².